The number of carboxylic acid groups (broad SMARTS) is 5. The molecular formula is C41H54O11. The van der Waals surface area contributed by atoms with Crippen molar-refractivity contribution in [3.8, 4) is 5.75 Å². The highest BCUT2D eigenvalue weighted by Crippen LogP contribution is 2.32. The first-order valence-corrected chi connectivity index (χ1v) is 16.7. The van der Waals surface area contributed by atoms with Crippen molar-refractivity contribution in [1.82, 2.24) is 0 Å². The van der Waals surface area contributed by atoms with E-state index in [0.717, 1.165) is 16.7 Å². The zero-order valence-electron chi connectivity index (χ0n) is 32.2. The molecule has 0 saturated carbocycles. The Morgan fingerprint density at radius 2 is 0.808 bits per heavy atom. The molecule has 284 valence electrons. The monoisotopic (exact) mass is 722 g/mol. The van der Waals surface area contributed by atoms with Gasteiger partial charge in [-0.05, 0) is 77.0 Å². The molecule has 11 heteroatoms. The molecule has 3 aromatic carbocycles. The van der Waals surface area contributed by atoms with Crippen LogP contribution in [0.15, 0.2) is 60.7 Å². The summed E-state index contributed by atoms with van der Waals surface area (Å²) in [7, 11) is 0. The molecule has 52 heavy (non-hydrogen) atoms. The van der Waals surface area contributed by atoms with E-state index in [1.165, 1.54) is 13.8 Å². The predicted molar refractivity (Wildman–Crippen MR) is 199 cm³/mol. The molecule has 0 saturated heterocycles. The number of hydrogen-bond acceptors (Lipinski definition) is 6. The van der Waals surface area contributed by atoms with Crippen LogP contribution in [0.5, 0.6) is 5.75 Å². The van der Waals surface area contributed by atoms with Gasteiger partial charge < -0.3 is 30.6 Å². The molecule has 0 amide bonds. The molecule has 2 unspecified atom stereocenters. The number of phenols is 1. The number of aromatic hydroxyl groups is 1. The van der Waals surface area contributed by atoms with Crippen molar-refractivity contribution < 1.29 is 54.6 Å². The Balaban J connectivity index is 0.000000391. The molecule has 0 aliphatic heterocycles. The van der Waals surface area contributed by atoms with Crippen molar-refractivity contribution in [3.05, 3.63) is 99.6 Å². The molecular weight excluding hydrogens is 668 g/mol. The van der Waals surface area contributed by atoms with E-state index >= 15 is 0 Å². The summed E-state index contributed by atoms with van der Waals surface area (Å²) in [4.78, 5) is 55.3. The molecule has 0 radical (unpaired) electrons. The van der Waals surface area contributed by atoms with Crippen LogP contribution in [0, 0.1) is 0 Å². The minimum Gasteiger partial charge on any atom is -0.508 e. The lowest BCUT2D eigenvalue weighted by molar-refractivity contribution is -0.156. The van der Waals surface area contributed by atoms with Gasteiger partial charge in [-0.15, -0.1) is 0 Å². The van der Waals surface area contributed by atoms with Crippen molar-refractivity contribution in [3.63, 3.8) is 0 Å². The third-order valence-electron chi connectivity index (χ3n) is 8.90. The largest absolute Gasteiger partial charge is 0.508 e. The minimum absolute atomic E-state index is 0.0531. The zero-order valence-corrected chi connectivity index (χ0v) is 32.2. The third-order valence-corrected chi connectivity index (χ3v) is 8.90. The van der Waals surface area contributed by atoms with Crippen LogP contribution in [-0.2, 0) is 40.8 Å². The maximum absolute atomic E-state index is 11.2. The standard InChI is InChI=1S/2C14H18O4.C13H18O3/c1-13(2,3)9-5-7-10(8-6-9)14(4,11(15)16)12(17)18;1-8(12(15)16)10-6-5-9(14(2,3)4)7-11(10)13(17)18;1-8(12(15)16)10-6-5-9(7-11(10)14)13(2,3)4/h2*5-8H,1-4H3,(H,15,16)(H,17,18);5-8,14H,1-4H3,(H,15,16). The molecule has 6 N–H and O–H groups in total. The fourth-order valence-electron chi connectivity index (χ4n) is 4.87. The van der Waals surface area contributed by atoms with Gasteiger partial charge in [0, 0.05) is 5.56 Å². The van der Waals surface area contributed by atoms with Crippen LogP contribution < -0.4 is 0 Å². The lowest BCUT2D eigenvalue weighted by atomic mass is 9.80. The van der Waals surface area contributed by atoms with Crippen molar-refractivity contribution in [2.45, 2.75) is 117 Å². The van der Waals surface area contributed by atoms with Gasteiger partial charge in [0.1, 0.15) is 5.75 Å². The molecule has 11 nitrogen and oxygen atoms in total. The number of carbonyl (C=O) groups is 5. The van der Waals surface area contributed by atoms with Gasteiger partial charge in [0.2, 0.25) is 0 Å². The van der Waals surface area contributed by atoms with E-state index in [4.69, 9.17) is 20.4 Å². The fraction of sp³-hybridized carbons (Fsp3) is 0.439. The van der Waals surface area contributed by atoms with Crippen LogP contribution in [0.2, 0.25) is 0 Å². The summed E-state index contributed by atoms with van der Waals surface area (Å²) < 4.78 is 0. The van der Waals surface area contributed by atoms with Crippen molar-refractivity contribution >= 4 is 29.8 Å². The van der Waals surface area contributed by atoms with E-state index in [1.807, 2.05) is 68.4 Å². The number of benzene rings is 3. The number of phenolic OH excluding ortho intramolecular Hbond substituents is 1. The van der Waals surface area contributed by atoms with Gasteiger partial charge in [0.15, 0.2) is 5.41 Å². The molecule has 0 aliphatic rings. The second-order valence-corrected chi connectivity index (χ2v) is 16.1. The smallest absolute Gasteiger partial charge is 0.335 e. The Morgan fingerprint density at radius 1 is 0.481 bits per heavy atom. The lowest BCUT2D eigenvalue weighted by Gasteiger charge is -2.23. The van der Waals surface area contributed by atoms with Gasteiger partial charge in [-0.3, -0.25) is 19.2 Å². The van der Waals surface area contributed by atoms with E-state index in [9.17, 15) is 34.2 Å². The fourth-order valence-corrected chi connectivity index (χ4v) is 4.87. The first kappa shape index (κ1) is 44.8. The van der Waals surface area contributed by atoms with Crippen molar-refractivity contribution in [1.29, 1.82) is 0 Å². The summed E-state index contributed by atoms with van der Waals surface area (Å²) in [6.07, 6.45) is 0. The van der Waals surface area contributed by atoms with E-state index in [2.05, 4.69) is 0 Å². The van der Waals surface area contributed by atoms with Gasteiger partial charge in [0.25, 0.3) is 0 Å². The molecule has 0 aliphatic carbocycles. The van der Waals surface area contributed by atoms with Crippen molar-refractivity contribution in [2.24, 2.45) is 0 Å². The average Bonchev–Trinajstić information content (AvgIpc) is 3.02. The summed E-state index contributed by atoms with van der Waals surface area (Å²) in [6, 6.07) is 16.9. The Bertz CT molecular complexity index is 1750. The third kappa shape index (κ3) is 11.4. The quantitative estimate of drug-likeness (QED) is 0.122. The number of aromatic carboxylic acids is 1. The van der Waals surface area contributed by atoms with E-state index in [-0.39, 0.29) is 33.1 Å². The van der Waals surface area contributed by atoms with Crippen LogP contribution >= 0.6 is 0 Å². The van der Waals surface area contributed by atoms with Gasteiger partial charge in [-0.25, -0.2) is 4.79 Å². The van der Waals surface area contributed by atoms with Gasteiger partial charge >= 0.3 is 29.8 Å². The topological polar surface area (TPSA) is 207 Å². The zero-order chi connectivity index (χ0) is 40.7. The first-order chi connectivity index (χ1) is 23.5. The van der Waals surface area contributed by atoms with Crippen molar-refractivity contribution in [2.75, 3.05) is 0 Å². The Labute approximate surface area is 306 Å². The average molecular weight is 723 g/mol. The molecule has 3 aromatic rings. The van der Waals surface area contributed by atoms with Crippen LogP contribution in [0.4, 0.5) is 0 Å². The Kier molecular flexibility index (Phi) is 14.6. The van der Waals surface area contributed by atoms with E-state index < -0.39 is 47.1 Å². The molecule has 2 atom stereocenters. The second kappa shape index (κ2) is 16.9. The first-order valence-electron chi connectivity index (χ1n) is 16.7. The van der Waals surface area contributed by atoms with Gasteiger partial charge in [0.05, 0.1) is 17.4 Å². The number of hydrogen-bond donors (Lipinski definition) is 6. The predicted octanol–water partition coefficient (Wildman–Crippen LogP) is 8.16. The van der Waals surface area contributed by atoms with Crippen LogP contribution in [0.25, 0.3) is 0 Å². The molecule has 0 heterocycles. The Hall–Kier alpha value is -5.19. The summed E-state index contributed by atoms with van der Waals surface area (Å²) in [6.45, 7) is 22.4. The van der Waals surface area contributed by atoms with E-state index in [1.54, 1.807) is 61.5 Å². The summed E-state index contributed by atoms with van der Waals surface area (Å²) in [5.41, 5.74) is 1.85. The van der Waals surface area contributed by atoms with Crippen LogP contribution in [0.1, 0.15) is 139 Å². The number of carboxylic acids is 5. The minimum atomic E-state index is -1.91. The van der Waals surface area contributed by atoms with Gasteiger partial charge in [-0.2, -0.15) is 0 Å². The normalized spacial score (nSPS) is 12.9. The van der Waals surface area contributed by atoms with Crippen LogP contribution in [0.3, 0.4) is 0 Å². The van der Waals surface area contributed by atoms with E-state index in [0.29, 0.717) is 11.1 Å². The number of aliphatic carboxylic acids is 4. The SMILES string of the molecule is CC(C(=O)O)c1ccc(C(C)(C)C)cc1C(=O)O.CC(C(=O)O)c1ccc(C(C)(C)C)cc1O.CC(C)(C)c1ccc(C(C)(C(=O)O)C(=O)O)cc1. The summed E-state index contributed by atoms with van der Waals surface area (Å²) >= 11 is 0. The molecule has 0 aromatic heterocycles. The summed E-state index contributed by atoms with van der Waals surface area (Å²) in [5, 5.41) is 55.1. The maximum atomic E-state index is 11.2. The highest BCUT2D eigenvalue weighted by molar-refractivity contribution is 6.04. The molecule has 3 rings (SSSR count). The number of rotatable bonds is 8. The molecule has 0 bridgehead atoms. The Morgan fingerprint density at radius 3 is 1.13 bits per heavy atom. The molecule has 0 spiro atoms. The second-order valence-electron chi connectivity index (χ2n) is 16.1. The maximum Gasteiger partial charge on any atom is 0.335 e. The highest BCUT2D eigenvalue weighted by Gasteiger charge is 2.43. The van der Waals surface area contributed by atoms with Crippen LogP contribution in [-0.4, -0.2) is 60.5 Å². The lowest BCUT2D eigenvalue weighted by Crippen LogP contribution is -2.40. The van der Waals surface area contributed by atoms with Gasteiger partial charge in [-0.1, -0.05) is 111 Å². The summed E-state index contributed by atoms with van der Waals surface area (Å²) in [5.74, 6) is -7.23. The molecule has 0 fully saturated rings. The highest BCUT2D eigenvalue weighted by atomic mass is 16.4.